The summed E-state index contributed by atoms with van der Waals surface area (Å²) in [7, 11) is 5.23. The fraction of sp³-hybridized carbons (Fsp3) is 0.167. The van der Waals surface area contributed by atoms with E-state index in [1.165, 1.54) is 0 Å². The van der Waals surface area contributed by atoms with Gasteiger partial charge in [0, 0.05) is 12.4 Å². The molecule has 0 unspecified atom stereocenters. The third kappa shape index (κ3) is 1.40. The van der Waals surface area contributed by atoms with Crippen LogP contribution in [0.4, 0.5) is 0 Å². The van der Waals surface area contributed by atoms with E-state index >= 15 is 0 Å². The van der Waals surface area contributed by atoms with Gasteiger partial charge in [-0.1, -0.05) is 6.58 Å². The molecule has 0 aromatic carbocycles. The summed E-state index contributed by atoms with van der Waals surface area (Å²) in [5.41, 5.74) is 0. The molecule has 1 aromatic heterocycles. The van der Waals surface area contributed by atoms with Gasteiger partial charge in [0.2, 0.25) is 0 Å². The van der Waals surface area contributed by atoms with Crippen molar-refractivity contribution in [2.45, 2.75) is 0 Å². The number of aromatic nitrogens is 2. The Bertz CT molecular complexity index is 205. The van der Waals surface area contributed by atoms with Crippen molar-refractivity contribution in [1.82, 2.24) is 14.9 Å². The second-order valence-corrected chi connectivity index (χ2v) is 1.80. The smallest absolute Gasteiger partial charge is 0.103 e. The minimum Gasteiger partial charge on any atom is -0.381 e. The Morgan fingerprint density at radius 3 is 3.10 bits per heavy atom. The molecule has 0 aliphatic carbocycles. The van der Waals surface area contributed by atoms with E-state index in [2.05, 4.69) is 16.9 Å². The maximum Gasteiger partial charge on any atom is 0.103 e. The third-order valence-corrected chi connectivity index (χ3v) is 1.12. The van der Waals surface area contributed by atoms with Crippen LogP contribution in [0.2, 0.25) is 0 Å². The number of nitrogens with one attached hydrogen (secondary N) is 1. The summed E-state index contributed by atoms with van der Waals surface area (Å²) in [6.45, 7) is 3.72. The van der Waals surface area contributed by atoms with Gasteiger partial charge in [0.15, 0.2) is 0 Å². The summed E-state index contributed by atoms with van der Waals surface area (Å²) in [6, 6.07) is 0. The number of hydrogen-bond acceptors (Lipinski definition) is 2. The molecule has 0 amide bonds. The Labute approximate surface area is 61.2 Å². The minimum absolute atomic E-state index is 0.386. The van der Waals surface area contributed by atoms with Crippen molar-refractivity contribution in [1.29, 1.82) is 0 Å². The van der Waals surface area contributed by atoms with Crippen LogP contribution in [-0.4, -0.2) is 23.8 Å². The SMILES string of the molecule is [B]CNC(=C)n1ccnc1. The highest BCUT2D eigenvalue weighted by Gasteiger charge is 1.90. The number of hydrogen-bond donors (Lipinski definition) is 1. The van der Waals surface area contributed by atoms with Crippen molar-refractivity contribution < 1.29 is 0 Å². The number of rotatable bonds is 3. The second kappa shape index (κ2) is 3.10. The maximum atomic E-state index is 5.23. The summed E-state index contributed by atoms with van der Waals surface area (Å²) in [6.07, 6.45) is 5.52. The molecule has 10 heavy (non-hydrogen) atoms. The summed E-state index contributed by atoms with van der Waals surface area (Å²) in [4.78, 5) is 3.85. The lowest BCUT2D eigenvalue weighted by atomic mass is 10.2. The zero-order valence-electron chi connectivity index (χ0n) is 5.62. The van der Waals surface area contributed by atoms with Crippen molar-refractivity contribution in [3.63, 3.8) is 0 Å². The third-order valence-electron chi connectivity index (χ3n) is 1.12. The molecule has 50 valence electrons. The van der Waals surface area contributed by atoms with Gasteiger partial charge in [0.1, 0.15) is 12.1 Å². The van der Waals surface area contributed by atoms with E-state index in [0.717, 1.165) is 5.82 Å². The van der Waals surface area contributed by atoms with Gasteiger partial charge >= 0.3 is 0 Å². The van der Waals surface area contributed by atoms with Crippen molar-refractivity contribution in [3.05, 3.63) is 25.3 Å². The van der Waals surface area contributed by atoms with Gasteiger partial charge < -0.3 is 5.32 Å². The lowest BCUT2D eigenvalue weighted by molar-refractivity contribution is 0.934. The van der Waals surface area contributed by atoms with Crippen LogP contribution in [0.25, 0.3) is 5.82 Å². The molecule has 0 aliphatic rings. The molecule has 3 nitrogen and oxygen atoms in total. The van der Waals surface area contributed by atoms with Gasteiger partial charge in [0.25, 0.3) is 0 Å². The molecule has 1 N–H and O–H groups in total. The van der Waals surface area contributed by atoms with Gasteiger partial charge in [-0.2, -0.15) is 0 Å². The van der Waals surface area contributed by atoms with Crippen LogP contribution >= 0.6 is 0 Å². The van der Waals surface area contributed by atoms with Crippen molar-refractivity contribution in [2.24, 2.45) is 0 Å². The van der Waals surface area contributed by atoms with Crippen LogP contribution in [-0.2, 0) is 0 Å². The van der Waals surface area contributed by atoms with Crippen LogP contribution in [0.5, 0.6) is 0 Å². The molecule has 1 heterocycles. The van der Waals surface area contributed by atoms with Crippen molar-refractivity contribution in [3.8, 4) is 0 Å². The molecule has 0 bridgehead atoms. The number of nitrogens with zero attached hydrogens (tertiary/aromatic N) is 2. The standard InChI is InChI=1S/C6H8BN3/c1-6(9-4-7)10-3-2-8-5-10/h2-3,5,9H,1,4H2. The van der Waals surface area contributed by atoms with Gasteiger partial charge in [0.05, 0.1) is 7.85 Å². The minimum atomic E-state index is 0.386. The summed E-state index contributed by atoms with van der Waals surface area (Å²) >= 11 is 0. The highest BCUT2D eigenvalue weighted by Crippen LogP contribution is 1.93. The molecule has 0 fully saturated rings. The molecule has 0 aliphatic heterocycles. The topological polar surface area (TPSA) is 29.9 Å². The van der Waals surface area contributed by atoms with Gasteiger partial charge in [-0.05, 0) is 6.44 Å². The predicted molar refractivity (Wildman–Crippen MR) is 41.3 cm³/mol. The van der Waals surface area contributed by atoms with Crippen LogP contribution in [0, 0.1) is 0 Å². The first-order valence-electron chi connectivity index (χ1n) is 2.96. The predicted octanol–water partition coefficient (Wildman–Crippen LogP) is 0.0269. The van der Waals surface area contributed by atoms with Crippen LogP contribution in [0.3, 0.4) is 0 Å². The highest BCUT2D eigenvalue weighted by atomic mass is 15.1. The summed E-state index contributed by atoms with van der Waals surface area (Å²) in [5.74, 6) is 0.736. The van der Waals surface area contributed by atoms with E-state index in [4.69, 9.17) is 7.85 Å². The lowest BCUT2D eigenvalue weighted by Crippen LogP contribution is -2.16. The average molecular weight is 133 g/mol. The Kier molecular flexibility index (Phi) is 2.15. The first kappa shape index (κ1) is 6.93. The van der Waals surface area contributed by atoms with E-state index in [1.807, 2.05) is 0 Å². The first-order chi connectivity index (χ1) is 4.84. The fourth-order valence-corrected chi connectivity index (χ4v) is 0.628. The molecule has 0 saturated heterocycles. The Balaban J connectivity index is 2.59. The Morgan fingerprint density at radius 2 is 2.60 bits per heavy atom. The molecule has 4 heteroatoms. The summed E-state index contributed by atoms with van der Waals surface area (Å²) in [5, 5.41) is 2.85. The Morgan fingerprint density at radius 1 is 1.80 bits per heavy atom. The monoisotopic (exact) mass is 133 g/mol. The molecular weight excluding hydrogens is 125 g/mol. The van der Waals surface area contributed by atoms with E-state index in [0.29, 0.717) is 6.44 Å². The van der Waals surface area contributed by atoms with Crippen LogP contribution in [0.1, 0.15) is 0 Å². The second-order valence-electron chi connectivity index (χ2n) is 1.80. The average Bonchev–Trinajstić information content (AvgIpc) is 2.38. The van der Waals surface area contributed by atoms with Crippen molar-refractivity contribution in [2.75, 3.05) is 6.44 Å². The number of imidazole rings is 1. The van der Waals surface area contributed by atoms with Gasteiger partial charge in [-0.3, -0.25) is 4.57 Å². The molecular formula is C6H8BN3. The molecule has 1 rings (SSSR count). The fourth-order valence-electron chi connectivity index (χ4n) is 0.628. The van der Waals surface area contributed by atoms with Crippen LogP contribution < -0.4 is 5.32 Å². The highest BCUT2D eigenvalue weighted by molar-refractivity contribution is 6.09. The first-order valence-corrected chi connectivity index (χ1v) is 2.96. The van der Waals surface area contributed by atoms with Gasteiger partial charge in [-0.25, -0.2) is 4.98 Å². The van der Waals surface area contributed by atoms with E-state index in [9.17, 15) is 0 Å². The zero-order valence-corrected chi connectivity index (χ0v) is 5.62. The van der Waals surface area contributed by atoms with Crippen LogP contribution in [0.15, 0.2) is 25.3 Å². The Hall–Kier alpha value is -1.19. The molecule has 2 radical (unpaired) electrons. The maximum absolute atomic E-state index is 5.23. The molecule has 0 spiro atoms. The van der Waals surface area contributed by atoms with Gasteiger partial charge in [-0.15, -0.1) is 0 Å². The lowest BCUT2D eigenvalue weighted by Gasteiger charge is -2.06. The normalized spacial score (nSPS) is 9.20. The molecule has 1 aromatic rings. The van der Waals surface area contributed by atoms with E-state index < -0.39 is 0 Å². The zero-order chi connectivity index (χ0) is 7.40. The quantitative estimate of drug-likeness (QED) is 0.589. The molecule has 0 saturated carbocycles. The largest absolute Gasteiger partial charge is 0.381 e. The van der Waals surface area contributed by atoms with Crippen molar-refractivity contribution >= 4 is 13.7 Å². The molecule has 0 atom stereocenters. The van der Waals surface area contributed by atoms with E-state index in [1.54, 1.807) is 23.3 Å². The van der Waals surface area contributed by atoms with E-state index in [-0.39, 0.29) is 0 Å². The summed E-state index contributed by atoms with van der Waals surface area (Å²) < 4.78 is 1.76.